The first-order valence-electron chi connectivity index (χ1n) is 9.93. The van der Waals surface area contributed by atoms with Crippen molar-refractivity contribution in [1.29, 1.82) is 10.5 Å². The Morgan fingerprint density at radius 1 is 0.966 bits per heavy atom. The lowest BCUT2D eigenvalue weighted by Crippen LogP contribution is -2.34. The summed E-state index contributed by atoms with van der Waals surface area (Å²) < 4.78 is 2.01. The van der Waals surface area contributed by atoms with Gasteiger partial charge in [-0.15, -0.1) is 0 Å². The van der Waals surface area contributed by atoms with Crippen LogP contribution in [-0.4, -0.2) is 34.9 Å². The van der Waals surface area contributed by atoms with Crippen LogP contribution in [0.3, 0.4) is 0 Å². The smallest absolute Gasteiger partial charge is 0.179 e. The number of hydrogen-bond acceptors (Lipinski definition) is 4. The molecular weight excluding hydrogens is 360 g/mol. The van der Waals surface area contributed by atoms with Gasteiger partial charge >= 0.3 is 0 Å². The summed E-state index contributed by atoms with van der Waals surface area (Å²) in [5, 5.41) is 19.3. The molecular formula is C24H22N4O. The minimum atomic E-state index is 0.117. The van der Waals surface area contributed by atoms with Gasteiger partial charge in [0.25, 0.3) is 0 Å². The van der Waals surface area contributed by atoms with E-state index in [-0.39, 0.29) is 5.78 Å². The van der Waals surface area contributed by atoms with Crippen molar-refractivity contribution < 1.29 is 4.79 Å². The van der Waals surface area contributed by atoms with E-state index in [0.29, 0.717) is 17.7 Å². The van der Waals surface area contributed by atoms with Crippen LogP contribution in [0.4, 0.5) is 0 Å². The molecule has 0 amide bonds. The number of benzene rings is 2. The third-order valence-electron chi connectivity index (χ3n) is 5.68. The zero-order valence-electron chi connectivity index (χ0n) is 16.5. The van der Waals surface area contributed by atoms with Crippen LogP contribution >= 0.6 is 0 Å². The van der Waals surface area contributed by atoms with Gasteiger partial charge in [-0.25, -0.2) is 0 Å². The molecule has 2 aromatic carbocycles. The van der Waals surface area contributed by atoms with E-state index in [0.717, 1.165) is 53.8 Å². The average molecular weight is 382 g/mol. The van der Waals surface area contributed by atoms with Gasteiger partial charge in [0, 0.05) is 22.3 Å². The molecule has 1 saturated heterocycles. The molecule has 29 heavy (non-hydrogen) atoms. The van der Waals surface area contributed by atoms with E-state index >= 15 is 0 Å². The van der Waals surface area contributed by atoms with Gasteiger partial charge in [0.1, 0.15) is 0 Å². The van der Waals surface area contributed by atoms with Crippen molar-refractivity contribution in [3.63, 3.8) is 0 Å². The molecule has 0 atom stereocenters. The van der Waals surface area contributed by atoms with Crippen molar-refractivity contribution in [1.82, 2.24) is 9.47 Å². The Labute approximate surface area is 170 Å². The lowest BCUT2D eigenvalue weighted by atomic mass is 10.0. The summed E-state index contributed by atoms with van der Waals surface area (Å²) in [4.78, 5) is 15.5. The molecule has 1 aliphatic rings. The van der Waals surface area contributed by atoms with Crippen LogP contribution in [0.25, 0.3) is 16.6 Å². The van der Waals surface area contributed by atoms with Crippen molar-refractivity contribution in [2.24, 2.45) is 0 Å². The zero-order valence-corrected chi connectivity index (χ0v) is 16.5. The molecule has 2 heterocycles. The SMILES string of the molecule is Cc1c(C(=O)CN2CCCCC2)c2ccc(C#N)cc2n1-c1ccc(C#N)cc1. The molecule has 4 rings (SSSR count). The monoisotopic (exact) mass is 382 g/mol. The molecule has 144 valence electrons. The van der Waals surface area contributed by atoms with Gasteiger partial charge in [-0.05, 0) is 69.3 Å². The maximum absolute atomic E-state index is 13.3. The fourth-order valence-electron chi connectivity index (χ4n) is 4.25. The number of carbonyl (C=O) groups is 1. The van der Waals surface area contributed by atoms with Crippen LogP contribution < -0.4 is 0 Å². The predicted molar refractivity (Wildman–Crippen MR) is 112 cm³/mol. The van der Waals surface area contributed by atoms with E-state index in [9.17, 15) is 10.1 Å². The molecule has 0 unspecified atom stereocenters. The first-order valence-corrected chi connectivity index (χ1v) is 9.93. The molecule has 1 aromatic heterocycles. The quantitative estimate of drug-likeness (QED) is 0.629. The molecule has 5 nitrogen and oxygen atoms in total. The standard InChI is InChI=1S/C24H22N4O/c1-17-24(23(29)16-27-11-3-2-4-12-27)21-10-7-19(15-26)13-22(21)28(17)20-8-5-18(14-25)6-9-20/h5-10,13H,2-4,11-12,16H2,1H3. The number of fused-ring (bicyclic) bond motifs is 1. The Kier molecular flexibility index (Phi) is 5.16. The van der Waals surface area contributed by atoms with Crippen LogP contribution in [0.1, 0.15) is 46.4 Å². The van der Waals surface area contributed by atoms with Crippen molar-refractivity contribution in [3.05, 3.63) is 64.8 Å². The van der Waals surface area contributed by atoms with Gasteiger partial charge in [-0.1, -0.05) is 12.5 Å². The minimum absolute atomic E-state index is 0.117. The summed E-state index contributed by atoms with van der Waals surface area (Å²) in [6.07, 6.45) is 3.52. The fraction of sp³-hybridized carbons (Fsp3) is 0.292. The highest BCUT2D eigenvalue weighted by molar-refractivity contribution is 6.11. The largest absolute Gasteiger partial charge is 0.313 e. The number of carbonyl (C=O) groups excluding carboxylic acids is 1. The number of Topliss-reactive ketones (excluding diaryl/α,β-unsaturated/α-hetero) is 1. The zero-order chi connectivity index (χ0) is 20.4. The highest BCUT2D eigenvalue weighted by atomic mass is 16.1. The third kappa shape index (κ3) is 3.53. The fourth-order valence-corrected chi connectivity index (χ4v) is 4.25. The van der Waals surface area contributed by atoms with Crippen LogP contribution in [0.5, 0.6) is 0 Å². The number of aromatic nitrogens is 1. The van der Waals surface area contributed by atoms with Crippen LogP contribution in [0, 0.1) is 29.6 Å². The van der Waals surface area contributed by atoms with Gasteiger partial charge in [-0.2, -0.15) is 10.5 Å². The molecule has 0 spiro atoms. The summed E-state index contributed by atoms with van der Waals surface area (Å²) in [5.74, 6) is 0.117. The molecule has 1 aliphatic heterocycles. The van der Waals surface area contributed by atoms with Crippen molar-refractivity contribution in [3.8, 4) is 17.8 Å². The number of nitrogens with zero attached hydrogens (tertiary/aromatic N) is 4. The number of likely N-dealkylation sites (tertiary alicyclic amines) is 1. The molecule has 3 aromatic rings. The van der Waals surface area contributed by atoms with Gasteiger partial charge in [0.2, 0.25) is 0 Å². The maximum Gasteiger partial charge on any atom is 0.179 e. The summed E-state index contributed by atoms with van der Waals surface area (Å²) in [6.45, 7) is 4.32. The highest BCUT2D eigenvalue weighted by Crippen LogP contribution is 2.31. The molecule has 0 aliphatic carbocycles. The maximum atomic E-state index is 13.3. The normalized spacial score (nSPS) is 14.4. The van der Waals surface area contributed by atoms with Gasteiger partial charge in [0.05, 0.1) is 35.3 Å². The Bertz CT molecular complexity index is 1150. The summed E-state index contributed by atoms with van der Waals surface area (Å²) in [6, 6.07) is 17.1. The van der Waals surface area contributed by atoms with E-state index in [1.807, 2.05) is 35.8 Å². The van der Waals surface area contributed by atoms with E-state index in [1.165, 1.54) is 6.42 Å². The number of ketones is 1. The van der Waals surface area contributed by atoms with Crippen molar-refractivity contribution in [2.75, 3.05) is 19.6 Å². The molecule has 1 fully saturated rings. The van der Waals surface area contributed by atoms with E-state index in [4.69, 9.17) is 5.26 Å². The summed E-state index contributed by atoms with van der Waals surface area (Å²) >= 11 is 0. The summed E-state index contributed by atoms with van der Waals surface area (Å²) in [5.41, 5.74) is 4.44. The van der Waals surface area contributed by atoms with Crippen LogP contribution in [0.15, 0.2) is 42.5 Å². The summed E-state index contributed by atoms with van der Waals surface area (Å²) in [7, 11) is 0. The molecule has 0 saturated carbocycles. The van der Waals surface area contributed by atoms with E-state index in [2.05, 4.69) is 17.0 Å². The number of piperidine rings is 1. The second-order valence-corrected chi connectivity index (χ2v) is 7.56. The van der Waals surface area contributed by atoms with Crippen molar-refractivity contribution in [2.45, 2.75) is 26.2 Å². The number of rotatable bonds is 4. The first-order chi connectivity index (χ1) is 14.1. The highest BCUT2D eigenvalue weighted by Gasteiger charge is 2.23. The van der Waals surface area contributed by atoms with E-state index < -0.39 is 0 Å². The Hall–Kier alpha value is -3.41. The average Bonchev–Trinajstić information content (AvgIpc) is 3.05. The lowest BCUT2D eigenvalue weighted by molar-refractivity contribution is 0.0916. The number of nitriles is 2. The Balaban J connectivity index is 1.84. The molecule has 0 N–H and O–H groups in total. The van der Waals surface area contributed by atoms with Crippen LogP contribution in [-0.2, 0) is 0 Å². The molecule has 0 bridgehead atoms. The van der Waals surface area contributed by atoms with E-state index in [1.54, 1.807) is 18.2 Å². The van der Waals surface area contributed by atoms with Gasteiger partial charge in [0.15, 0.2) is 5.78 Å². The molecule has 0 radical (unpaired) electrons. The predicted octanol–water partition coefficient (Wildman–Crippen LogP) is 4.35. The second kappa shape index (κ2) is 7.91. The topological polar surface area (TPSA) is 72.8 Å². The third-order valence-corrected chi connectivity index (χ3v) is 5.68. The minimum Gasteiger partial charge on any atom is -0.313 e. The Morgan fingerprint density at radius 2 is 1.62 bits per heavy atom. The van der Waals surface area contributed by atoms with Crippen molar-refractivity contribution >= 4 is 16.7 Å². The molecule has 5 heteroatoms. The van der Waals surface area contributed by atoms with Crippen LogP contribution in [0.2, 0.25) is 0 Å². The second-order valence-electron chi connectivity index (χ2n) is 7.56. The first kappa shape index (κ1) is 18.9. The van der Waals surface area contributed by atoms with Gasteiger partial charge < -0.3 is 4.57 Å². The Morgan fingerprint density at radius 3 is 2.28 bits per heavy atom. The van der Waals surface area contributed by atoms with Gasteiger partial charge in [-0.3, -0.25) is 9.69 Å². The lowest BCUT2D eigenvalue weighted by Gasteiger charge is -2.25. The number of hydrogen-bond donors (Lipinski definition) is 0.